The Morgan fingerprint density at radius 3 is 1.18 bits per heavy atom. The maximum absolute atomic E-state index is 10.5. The first-order valence-corrected chi connectivity index (χ1v) is 6.05. The van der Waals surface area contributed by atoms with Crippen LogP contribution in [0, 0.1) is 0 Å². The Labute approximate surface area is 143 Å². The van der Waals surface area contributed by atoms with Crippen LogP contribution in [-0.2, 0) is 20.2 Å². The second-order valence-electron chi connectivity index (χ2n) is 2.35. The van der Waals surface area contributed by atoms with E-state index in [9.17, 15) is 25.9 Å². The van der Waals surface area contributed by atoms with E-state index < -0.39 is 30.0 Å². The summed E-state index contributed by atoms with van der Waals surface area (Å²) in [4.78, 5) is -2.04. The molecule has 0 saturated carbocycles. The van der Waals surface area contributed by atoms with Crippen molar-refractivity contribution in [3.63, 3.8) is 0 Å². The van der Waals surface area contributed by atoms with Gasteiger partial charge in [-0.3, -0.25) is 0 Å². The Morgan fingerprint density at radius 2 is 1.00 bits per heavy atom. The summed E-state index contributed by atoms with van der Waals surface area (Å²) in [6, 6.07) is 3.85. The Kier molecular flexibility index (Phi) is 11.2. The van der Waals surface area contributed by atoms with Crippen molar-refractivity contribution >= 4 is 20.2 Å². The monoisotopic (exact) mass is 300 g/mol. The van der Waals surface area contributed by atoms with Gasteiger partial charge in [-0.15, -0.1) is 0 Å². The minimum absolute atomic E-state index is 0. The smallest absolute Gasteiger partial charge is 0.744 e. The maximum atomic E-state index is 10.5. The van der Waals surface area contributed by atoms with Gasteiger partial charge in [0.25, 0.3) is 0 Å². The zero-order valence-corrected chi connectivity index (χ0v) is 14.7. The van der Waals surface area contributed by atoms with Gasteiger partial charge in [-0.05, 0) is 12.1 Å². The van der Waals surface area contributed by atoms with Gasteiger partial charge >= 0.3 is 59.1 Å². The summed E-state index contributed by atoms with van der Waals surface area (Å²) in [7, 11) is -9.89. The van der Waals surface area contributed by atoms with Crippen LogP contribution in [-0.4, -0.2) is 31.4 Å². The van der Waals surface area contributed by atoms with Crippen molar-refractivity contribution in [2.45, 2.75) is 9.79 Å². The second kappa shape index (κ2) is 8.23. The van der Waals surface area contributed by atoms with Crippen LogP contribution in [0.2, 0.25) is 0 Å². The van der Waals surface area contributed by atoms with Gasteiger partial charge in [0, 0.05) is 0 Å². The molecule has 0 saturated heterocycles. The van der Waals surface area contributed by atoms with Crippen LogP contribution in [0.1, 0.15) is 0 Å². The SMILES string of the molecule is O.O=S(=O)([O-])c1ccccc1S(=O)(=O)[O-].[Na+].[Na+]. The van der Waals surface area contributed by atoms with Crippen molar-refractivity contribution in [1.29, 1.82) is 0 Å². The molecule has 86 valence electrons. The molecule has 11 heteroatoms. The molecule has 0 radical (unpaired) electrons. The first kappa shape index (κ1) is 23.1. The summed E-state index contributed by atoms with van der Waals surface area (Å²) < 4.78 is 63.2. The molecule has 0 aliphatic heterocycles. The molecular weight excluding hydrogens is 294 g/mol. The molecule has 0 aromatic heterocycles. The molecule has 0 spiro atoms. The molecule has 0 fully saturated rings. The molecule has 0 aliphatic carbocycles. The largest absolute Gasteiger partial charge is 1.00 e. The van der Waals surface area contributed by atoms with E-state index in [2.05, 4.69) is 0 Å². The normalized spacial score (nSPS) is 10.5. The summed E-state index contributed by atoms with van der Waals surface area (Å²) in [5.41, 5.74) is 0. The fraction of sp³-hybridized carbons (Fsp3) is 0. The molecule has 0 aliphatic rings. The topological polar surface area (TPSA) is 146 Å². The van der Waals surface area contributed by atoms with Crippen LogP contribution in [0.3, 0.4) is 0 Å². The Hall–Kier alpha value is 1.00. The average Bonchev–Trinajstić information content (AvgIpc) is 2.01. The zero-order valence-electron chi connectivity index (χ0n) is 9.08. The summed E-state index contributed by atoms with van der Waals surface area (Å²) >= 11 is 0. The minimum atomic E-state index is -4.95. The van der Waals surface area contributed by atoms with Gasteiger partial charge in [-0.2, -0.15) is 0 Å². The first-order valence-electron chi connectivity index (χ1n) is 3.24. The van der Waals surface area contributed by atoms with Gasteiger partial charge in [0.05, 0.1) is 9.79 Å². The van der Waals surface area contributed by atoms with Gasteiger partial charge in [-0.25, -0.2) is 16.8 Å². The molecule has 0 amide bonds. The van der Waals surface area contributed by atoms with E-state index in [0.717, 1.165) is 24.3 Å². The summed E-state index contributed by atoms with van der Waals surface area (Å²) in [5, 5.41) is 0. The fourth-order valence-electron chi connectivity index (χ4n) is 0.863. The molecular formula is C6H6Na2O7S2. The van der Waals surface area contributed by atoms with E-state index in [-0.39, 0.29) is 64.6 Å². The molecule has 0 heterocycles. The summed E-state index contributed by atoms with van der Waals surface area (Å²) in [6.07, 6.45) is 0. The summed E-state index contributed by atoms with van der Waals surface area (Å²) in [6.45, 7) is 0. The van der Waals surface area contributed by atoms with Crippen LogP contribution in [0.4, 0.5) is 0 Å². The van der Waals surface area contributed by atoms with Crippen LogP contribution in [0.5, 0.6) is 0 Å². The average molecular weight is 300 g/mol. The molecule has 0 bridgehead atoms. The van der Waals surface area contributed by atoms with Gasteiger partial charge in [-0.1, -0.05) is 12.1 Å². The predicted octanol–water partition coefficient (Wildman–Crippen LogP) is -7.32. The minimum Gasteiger partial charge on any atom is -0.744 e. The first-order chi connectivity index (χ1) is 6.23. The molecule has 0 atom stereocenters. The Balaban J connectivity index is -0.000000653. The Morgan fingerprint density at radius 1 is 0.765 bits per heavy atom. The molecule has 0 unspecified atom stereocenters. The van der Waals surface area contributed by atoms with Crippen LogP contribution < -0.4 is 59.1 Å². The van der Waals surface area contributed by atoms with E-state index in [1.807, 2.05) is 0 Å². The van der Waals surface area contributed by atoms with Gasteiger partial charge in [0.15, 0.2) is 0 Å². The standard InChI is InChI=1S/C6H6O6S2.2Na.H2O/c7-13(8,9)5-3-1-2-4-6(5)14(10,11)12;;;/h1-4H,(H,7,8,9)(H,10,11,12);;;1H2/q;2*+1;/p-2. The third kappa shape index (κ3) is 6.64. The molecule has 1 aromatic carbocycles. The number of benzene rings is 1. The molecule has 1 rings (SSSR count). The van der Waals surface area contributed by atoms with Crippen molar-refractivity contribution in [3.05, 3.63) is 24.3 Å². The third-order valence-corrected chi connectivity index (χ3v) is 3.31. The van der Waals surface area contributed by atoms with Crippen molar-refractivity contribution in [2.75, 3.05) is 0 Å². The van der Waals surface area contributed by atoms with E-state index >= 15 is 0 Å². The van der Waals surface area contributed by atoms with E-state index in [1.54, 1.807) is 0 Å². The fourth-order valence-corrected chi connectivity index (χ4v) is 2.59. The van der Waals surface area contributed by atoms with Gasteiger partial charge in [0.2, 0.25) is 0 Å². The van der Waals surface area contributed by atoms with E-state index in [0.29, 0.717) is 0 Å². The summed E-state index contributed by atoms with van der Waals surface area (Å²) in [5.74, 6) is 0. The molecule has 1 aromatic rings. The van der Waals surface area contributed by atoms with E-state index in [4.69, 9.17) is 0 Å². The van der Waals surface area contributed by atoms with Crippen LogP contribution >= 0.6 is 0 Å². The predicted molar refractivity (Wildman–Crippen MR) is 46.0 cm³/mol. The molecule has 7 nitrogen and oxygen atoms in total. The van der Waals surface area contributed by atoms with E-state index in [1.165, 1.54) is 0 Å². The van der Waals surface area contributed by atoms with Gasteiger partial charge in [0.1, 0.15) is 20.2 Å². The number of rotatable bonds is 2. The van der Waals surface area contributed by atoms with Crippen molar-refractivity contribution in [3.8, 4) is 0 Å². The maximum Gasteiger partial charge on any atom is 1.00 e. The Bertz CT molecular complexity index is 500. The van der Waals surface area contributed by atoms with Crippen molar-refractivity contribution in [2.24, 2.45) is 0 Å². The quantitative estimate of drug-likeness (QED) is 0.391. The van der Waals surface area contributed by atoms with Crippen molar-refractivity contribution < 1.29 is 90.5 Å². The van der Waals surface area contributed by atoms with Crippen molar-refractivity contribution in [1.82, 2.24) is 0 Å². The zero-order chi connectivity index (χ0) is 11.0. The van der Waals surface area contributed by atoms with Crippen LogP contribution in [0.15, 0.2) is 34.1 Å². The number of hydrogen-bond acceptors (Lipinski definition) is 6. The van der Waals surface area contributed by atoms with Crippen LogP contribution in [0.25, 0.3) is 0 Å². The molecule has 2 N–H and O–H groups in total. The number of hydrogen-bond donors (Lipinski definition) is 0. The second-order valence-corrected chi connectivity index (χ2v) is 5.05. The van der Waals surface area contributed by atoms with Gasteiger partial charge < -0.3 is 14.6 Å². The molecule has 17 heavy (non-hydrogen) atoms. The third-order valence-electron chi connectivity index (χ3n) is 1.39.